The van der Waals surface area contributed by atoms with Crippen LogP contribution in [0.15, 0.2) is 47.4 Å². The molecule has 3 aromatic rings. The minimum absolute atomic E-state index is 0.0648. The van der Waals surface area contributed by atoms with E-state index in [1.807, 2.05) is 25.1 Å². The number of para-hydroxylation sites is 1. The van der Waals surface area contributed by atoms with Crippen molar-refractivity contribution in [2.24, 2.45) is 0 Å². The molecule has 2 aliphatic heterocycles. The van der Waals surface area contributed by atoms with Crippen molar-refractivity contribution in [3.05, 3.63) is 48.0 Å². The highest BCUT2D eigenvalue weighted by atomic mass is 32.2. The van der Waals surface area contributed by atoms with Gasteiger partial charge in [-0.15, -0.1) is 0 Å². The number of sulfonamides is 1. The van der Waals surface area contributed by atoms with Crippen LogP contribution in [0.25, 0.3) is 10.2 Å². The summed E-state index contributed by atoms with van der Waals surface area (Å²) in [6.45, 7) is 4.60. The third-order valence-corrected chi connectivity index (χ3v) is 9.82. The third kappa shape index (κ3) is 5.67. The van der Waals surface area contributed by atoms with Gasteiger partial charge in [0.15, 0.2) is 5.13 Å². The zero-order chi connectivity index (χ0) is 25.8. The van der Waals surface area contributed by atoms with Crippen LogP contribution >= 0.6 is 11.3 Å². The quantitative estimate of drug-likeness (QED) is 0.393. The topological polar surface area (TPSA) is 89.0 Å². The number of rotatable bonds is 8. The molecule has 0 bridgehead atoms. The standard InChI is InChI=1S/C27H33N3O5S2/c1-2-34-23-10-7-11-24-25(23)28-27(36-24)30(19-21-9-8-18-35-21)26(31)20-12-14-22(15-13-20)37(32,33)29-16-5-3-4-6-17-29/h7,10-15,21H,2-6,8-9,16-19H2,1H3. The molecule has 1 unspecified atom stereocenters. The highest BCUT2D eigenvalue weighted by Crippen LogP contribution is 2.35. The maximum atomic E-state index is 13.8. The number of hydrogen-bond donors (Lipinski definition) is 0. The van der Waals surface area contributed by atoms with E-state index in [2.05, 4.69) is 0 Å². The Morgan fingerprint density at radius 2 is 1.86 bits per heavy atom. The van der Waals surface area contributed by atoms with E-state index in [0.717, 1.165) is 48.7 Å². The van der Waals surface area contributed by atoms with E-state index in [1.54, 1.807) is 33.5 Å². The Labute approximate surface area is 222 Å². The van der Waals surface area contributed by atoms with E-state index >= 15 is 0 Å². The molecule has 10 heteroatoms. The zero-order valence-corrected chi connectivity index (χ0v) is 22.7. The van der Waals surface area contributed by atoms with E-state index in [0.29, 0.717) is 49.3 Å². The molecule has 37 heavy (non-hydrogen) atoms. The number of nitrogens with zero attached hydrogens (tertiary/aromatic N) is 3. The van der Waals surface area contributed by atoms with Crippen LogP contribution in [-0.4, -0.2) is 62.6 Å². The molecule has 5 rings (SSSR count). The van der Waals surface area contributed by atoms with Crippen molar-refractivity contribution in [2.75, 3.05) is 37.7 Å². The summed E-state index contributed by atoms with van der Waals surface area (Å²) in [5, 5.41) is 0.573. The van der Waals surface area contributed by atoms with Gasteiger partial charge in [-0.25, -0.2) is 13.4 Å². The first-order valence-electron chi connectivity index (χ1n) is 13.0. The molecule has 1 aromatic heterocycles. The highest BCUT2D eigenvalue weighted by molar-refractivity contribution is 7.89. The Morgan fingerprint density at radius 1 is 1.11 bits per heavy atom. The van der Waals surface area contributed by atoms with Crippen molar-refractivity contribution in [1.29, 1.82) is 0 Å². The van der Waals surface area contributed by atoms with Gasteiger partial charge in [-0.3, -0.25) is 9.69 Å². The molecule has 2 fully saturated rings. The van der Waals surface area contributed by atoms with Crippen LogP contribution < -0.4 is 9.64 Å². The van der Waals surface area contributed by atoms with Gasteiger partial charge in [0.2, 0.25) is 10.0 Å². The second-order valence-electron chi connectivity index (χ2n) is 9.43. The zero-order valence-electron chi connectivity index (χ0n) is 21.1. The van der Waals surface area contributed by atoms with Gasteiger partial charge in [-0.2, -0.15) is 4.31 Å². The number of hydrogen-bond acceptors (Lipinski definition) is 7. The van der Waals surface area contributed by atoms with Crippen molar-refractivity contribution >= 4 is 42.6 Å². The first kappa shape index (κ1) is 26.1. The minimum atomic E-state index is -3.58. The second kappa shape index (κ2) is 11.5. The summed E-state index contributed by atoms with van der Waals surface area (Å²) in [6, 6.07) is 12.1. The van der Waals surface area contributed by atoms with Crippen LogP contribution in [0.3, 0.4) is 0 Å². The average molecular weight is 544 g/mol. The summed E-state index contributed by atoms with van der Waals surface area (Å²) in [5.74, 6) is 0.460. The number of fused-ring (bicyclic) bond motifs is 1. The van der Waals surface area contributed by atoms with Crippen molar-refractivity contribution in [2.45, 2.75) is 56.4 Å². The van der Waals surface area contributed by atoms with Gasteiger partial charge in [-0.05, 0) is 69.0 Å². The number of amides is 1. The summed E-state index contributed by atoms with van der Waals surface area (Å²) in [6.07, 6.45) is 5.64. The molecule has 0 aliphatic carbocycles. The molecule has 0 saturated carbocycles. The molecular formula is C27H33N3O5S2. The molecular weight excluding hydrogens is 510 g/mol. The Kier molecular flexibility index (Phi) is 8.09. The van der Waals surface area contributed by atoms with E-state index in [-0.39, 0.29) is 16.9 Å². The fraction of sp³-hybridized carbons (Fsp3) is 0.481. The van der Waals surface area contributed by atoms with Gasteiger partial charge in [0.1, 0.15) is 11.3 Å². The summed E-state index contributed by atoms with van der Waals surface area (Å²) in [7, 11) is -3.58. The van der Waals surface area contributed by atoms with Gasteiger partial charge in [0, 0.05) is 25.3 Å². The number of benzene rings is 2. The average Bonchev–Trinajstić information content (AvgIpc) is 3.50. The second-order valence-corrected chi connectivity index (χ2v) is 12.4. The first-order chi connectivity index (χ1) is 18.0. The van der Waals surface area contributed by atoms with Gasteiger partial charge in [0.05, 0.1) is 28.9 Å². The Balaban J connectivity index is 1.43. The van der Waals surface area contributed by atoms with E-state index < -0.39 is 10.0 Å². The van der Waals surface area contributed by atoms with E-state index in [4.69, 9.17) is 14.5 Å². The smallest absolute Gasteiger partial charge is 0.260 e. The lowest BCUT2D eigenvalue weighted by atomic mass is 10.2. The first-order valence-corrected chi connectivity index (χ1v) is 15.3. The van der Waals surface area contributed by atoms with Crippen LogP contribution in [0, 0.1) is 0 Å². The maximum Gasteiger partial charge on any atom is 0.260 e. The molecule has 0 N–H and O–H groups in total. The maximum absolute atomic E-state index is 13.8. The largest absolute Gasteiger partial charge is 0.492 e. The summed E-state index contributed by atoms with van der Waals surface area (Å²) >= 11 is 1.44. The SMILES string of the molecule is CCOc1cccc2sc(N(CC3CCCO3)C(=O)c3ccc(S(=O)(=O)N4CCCCCC4)cc3)nc12. The number of aromatic nitrogens is 1. The molecule has 1 atom stereocenters. The van der Waals surface area contributed by atoms with E-state index in [9.17, 15) is 13.2 Å². The number of carbonyl (C=O) groups is 1. The molecule has 3 heterocycles. The summed E-state index contributed by atoms with van der Waals surface area (Å²) in [5.41, 5.74) is 1.14. The molecule has 8 nitrogen and oxygen atoms in total. The fourth-order valence-electron chi connectivity index (χ4n) is 4.90. The summed E-state index contributed by atoms with van der Waals surface area (Å²) < 4.78 is 40.5. The van der Waals surface area contributed by atoms with Crippen molar-refractivity contribution in [3.8, 4) is 5.75 Å². The lowest BCUT2D eigenvalue weighted by Crippen LogP contribution is -2.37. The Hall–Kier alpha value is -2.53. The molecule has 198 valence electrons. The summed E-state index contributed by atoms with van der Waals surface area (Å²) in [4.78, 5) is 20.4. The van der Waals surface area contributed by atoms with Crippen LogP contribution in [-0.2, 0) is 14.8 Å². The predicted octanol–water partition coefficient (Wildman–Crippen LogP) is 5.09. The molecule has 2 saturated heterocycles. The Bertz CT molecular complexity index is 1330. The lowest BCUT2D eigenvalue weighted by Gasteiger charge is -2.23. The van der Waals surface area contributed by atoms with Crippen molar-refractivity contribution in [1.82, 2.24) is 9.29 Å². The number of anilines is 1. The van der Waals surface area contributed by atoms with E-state index in [1.165, 1.54) is 11.3 Å². The van der Waals surface area contributed by atoms with Gasteiger partial charge in [-0.1, -0.05) is 30.2 Å². The van der Waals surface area contributed by atoms with Crippen LogP contribution in [0.5, 0.6) is 5.75 Å². The van der Waals surface area contributed by atoms with Crippen LogP contribution in [0.1, 0.15) is 55.8 Å². The minimum Gasteiger partial charge on any atom is -0.492 e. The van der Waals surface area contributed by atoms with Crippen LogP contribution in [0.4, 0.5) is 5.13 Å². The van der Waals surface area contributed by atoms with Crippen LogP contribution in [0.2, 0.25) is 0 Å². The fourth-order valence-corrected chi connectivity index (χ4v) is 7.40. The number of thiazole rings is 1. The van der Waals surface area contributed by atoms with Crippen molar-refractivity contribution < 1.29 is 22.7 Å². The molecule has 0 spiro atoms. The predicted molar refractivity (Wildman–Crippen MR) is 145 cm³/mol. The van der Waals surface area contributed by atoms with Gasteiger partial charge in [0.25, 0.3) is 5.91 Å². The Morgan fingerprint density at radius 3 is 2.54 bits per heavy atom. The van der Waals surface area contributed by atoms with Gasteiger partial charge >= 0.3 is 0 Å². The molecule has 0 radical (unpaired) electrons. The third-order valence-electron chi connectivity index (χ3n) is 6.86. The monoisotopic (exact) mass is 543 g/mol. The molecule has 2 aromatic carbocycles. The normalized spacial score (nSPS) is 19.1. The molecule has 1 amide bonds. The molecule has 2 aliphatic rings. The number of carbonyl (C=O) groups excluding carboxylic acids is 1. The van der Waals surface area contributed by atoms with Gasteiger partial charge < -0.3 is 9.47 Å². The van der Waals surface area contributed by atoms with Crippen molar-refractivity contribution in [3.63, 3.8) is 0 Å². The number of ether oxygens (including phenoxy) is 2. The highest BCUT2D eigenvalue weighted by Gasteiger charge is 2.29. The lowest BCUT2D eigenvalue weighted by molar-refractivity contribution is 0.0917.